The van der Waals surface area contributed by atoms with Crippen molar-refractivity contribution in [3.8, 4) is 0 Å². The van der Waals surface area contributed by atoms with Crippen LogP contribution in [-0.4, -0.2) is 33.5 Å². The molecular formula is C23H21FN4O2S. The number of thiophene rings is 1. The number of fused-ring (bicyclic) bond motifs is 1. The number of nitrogens with two attached hydrogens (primary N) is 1. The molecule has 0 aliphatic heterocycles. The SMILES string of the molecule is Cc1nn(Cc2ccc(F)cc2)c2sc(C(=O)N(C)Cc3cccc(C(N)=O)c3)cc12. The predicted molar refractivity (Wildman–Crippen MR) is 119 cm³/mol. The van der Waals surface area contributed by atoms with Crippen LogP contribution in [0.15, 0.2) is 54.6 Å². The molecule has 0 aliphatic carbocycles. The topological polar surface area (TPSA) is 81.2 Å². The summed E-state index contributed by atoms with van der Waals surface area (Å²) < 4.78 is 15.0. The van der Waals surface area contributed by atoms with E-state index >= 15 is 0 Å². The van der Waals surface area contributed by atoms with Crippen molar-refractivity contribution in [1.82, 2.24) is 14.7 Å². The molecule has 2 aromatic heterocycles. The van der Waals surface area contributed by atoms with Crippen molar-refractivity contribution in [1.29, 1.82) is 0 Å². The van der Waals surface area contributed by atoms with Crippen molar-refractivity contribution in [3.63, 3.8) is 0 Å². The molecule has 2 N–H and O–H groups in total. The molecule has 158 valence electrons. The highest BCUT2D eigenvalue weighted by Crippen LogP contribution is 2.30. The Morgan fingerprint density at radius 1 is 1.13 bits per heavy atom. The average molecular weight is 437 g/mol. The highest BCUT2D eigenvalue weighted by Gasteiger charge is 2.19. The molecule has 31 heavy (non-hydrogen) atoms. The first-order chi connectivity index (χ1) is 14.8. The van der Waals surface area contributed by atoms with Crippen LogP contribution in [0.3, 0.4) is 0 Å². The number of hydrogen-bond donors (Lipinski definition) is 1. The molecule has 2 amide bonds. The molecule has 0 aliphatic rings. The second-order valence-electron chi connectivity index (χ2n) is 7.42. The first kappa shape index (κ1) is 20.7. The number of aromatic nitrogens is 2. The number of nitrogens with zero attached hydrogens (tertiary/aromatic N) is 3. The van der Waals surface area contributed by atoms with Crippen LogP contribution in [0, 0.1) is 12.7 Å². The smallest absolute Gasteiger partial charge is 0.264 e. The van der Waals surface area contributed by atoms with Gasteiger partial charge >= 0.3 is 0 Å². The molecule has 8 heteroatoms. The number of amides is 2. The van der Waals surface area contributed by atoms with E-state index in [-0.39, 0.29) is 11.7 Å². The zero-order chi connectivity index (χ0) is 22.1. The van der Waals surface area contributed by atoms with Gasteiger partial charge in [-0.15, -0.1) is 11.3 Å². The van der Waals surface area contributed by atoms with E-state index in [9.17, 15) is 14.0 Å². The van der Waals surface area contributed by atoms with Gasteiger partial charge in [0.15, 0.2) is 0 Å². The molecule has 2 heterocycles. The Morgan fingerprint density at radius 2 is 1.87 bits per heavy atom. The van der Waals surface area contributed by atoms with Crippen molar-refractivity contribution in [2.45, 2.75) is 20.0 Å². The molecule has 0 atom stereocenters. The van der Waals surface area contributed by atoms with Gasteiger partial charge in [-0.05, 0) is 48.4 Å². The Morgan fingerprint density at radius 3 is 2.58 bits per heavy atom. The standard InChI is InChI=1S/C23H21FN4O2S/c1-14-19-11-20(22(30)27(2)12-16-4-3-5-17(10-16)21(25)29)31-23(19)28(26-14)13-15-6-8-18(24)9-7-15/h3-11H,12-13H2,1-2H3,(H2,25,29). The lowest BCUT2D eigenvalue weighted by Crippen LogP contribution is -2.25. The van der Waals surface area contributed by atoms with Crippen LogP contribution in [0.1, 0.15) is 36.9 Å². The molecule has 0 radical (unpaired) electrons. The van der Waals surface area contributed by atoms with E-state index in [4.69, 9.17) is 5.73 Å². The normalized spacial score (nSPS) is 11.1. The minimum atomic E-state index is -0.499. The lowest BCUT2D eigenvalue weighted by atomic mass is 10.1. The van der Waals surface area contributed by atoms with Crippen molar-refractivity contribution < 1.29 is 14.0 Å². The molecule has 0 fully saturated rings. The Labute approximate surface area is 182 Å². The molecule has 0 saturated heterocycles. The Kier molecular flexibility index (Phi) is 5.56. The lowest BCUT2D eigenvalue weighted by Gasteiger charge is -2.16. The average Bonchev–Trinajstić information content (AvgIpc) is 3.30. The van der Waals surface area contributed by atoms with Gasteiger partial charge in [0.1, 0.15) is 10.6 Å². The van der Waals surface area contributed by atoms with E-state index in [1.54, 1.807) is 42.3 Å². The largest absolute Gasteiger partial charge is 0.366 e. The number of hydrogen-bond acceptors (Lipinski definition) is 4. The van der Waals surface area contributed by atoms with Gasteiger partial charge in [-0.25, -0.2) is 4.39 Å². The quantitative estimate of drug-likeness (QED) is 0.497. The minimum Gasteiger partial charge on any atom is -0.366 e. The van der Waals surface area contributed by atoms with E-state index in [0.29, 0.717) is 23.5 Å². The van der Waals surface area contributed by atoms with Gasteiger partial charge in [-0.2, -0.15) is 5.10 Å². The van der Waals surface area contributed by atoms with Gasteiger partial charge < -0.3 is 10.6 Å². The van der Waals surface area contributed by atoms with E-state index in [0.717, 1.165) is 27.0 Å². The maximum absolute atomic E-state index is 13.2. The number of primary amides is 1. The number of halogens is 1. The summed E-state index contributed by atoms with van der Waals surface area (Å²) in [6.07, 6.45) is 0. The summed E-state index contributed by atoms with van der Waals surface area (Å²) in [4.78, 5) is 27.5. The summed E-state index contributed by atoms with van der Waals surface area (Å²) in [6, 6.07) is 15.1. The van der Waals surface area contributed by atoms with Crippen LogP contribution in [-0.2, 0) is 13.1 Å². The zero-order valence-electron chi connectivity index (χ0n) is 17.1. The molecule has 4 aromatic rings. The van der Waals surface area contributed by atoms with E-state index < -0.39 is 5.91 Å². The molecule has 6 nitrogen and oxygen atoms in total. The van der Waals surface area contributed by atoms with Gasteiger partial charge in [-0.3, -0.25) is 14.3 Å². The first-order valence-corrected chi connectivity index (χ1v) is 10.5. The van der Waals surface area contributed by atoms with E-state index in [1.165, 1.54) is 23.5 Å². The molecule has 0 spiro atoms. The van der Waals surface area contributed by atoms with Gasteiger partial charge in [0.25, 0.3) is 5.91 Å². The summed E-state index contributed by atoms with van der Waals surface area (Å²) in [5, 5.41) is 5.50. The number of carbonyl (C=O) groups excluding carboxylic acids is 2. The van der Waals surface area contributed by atoms with Crippen LogP contribution in [0.4, 0.5) is 4.39 Å². The van der Waals surface area contributed by atoms with Crippen molar-refractivity contribution >= 4 is 33.4 Å². The fourth-order valence-corrected chi connectivity index (χ4v) is 4.60. The highest BCUT2D eigenvalue weighted by atomic mass is 32.1. The predicted octanol–water partition coefficient (Wildman–Crippen LogP) is 3.96. The third-order valence-electron chi connectivity index (χ3n) is 5.04. The Bertz CT molecular complexity index is 1280. The fourth-order valence-electron chi connectivity index (χ4n) is 3.44. The van der Waals surface area contributed by atoms with Crippen LogP contribution in [0.25, 0.3) is 10.2 Å². The van der Waals surface area contributed by atoms with Gasteiger partial charge in [0.05, 0.1) is 17.1 Å². The third kappa shape index (κ3) is 4.34. The molecule has 2 aromatic carbocycles. The summed E-state index contributed by atoms with van der Waals surface area (Å²) in [6.45, 7) is 2.76. The summed E-state index contributed by atoms with van der Waals surface area (Å²) in [5.41, 5.74) is 8.35. The molecule has 4 rings (SSSR count). The lowest BCUT2D eigenvalue weighted by molar-refractivity contribution is 0.0790. The van der Waals surface area contributed by atoms with Crippen LogP contribution >= 0.6 is 11.3 Å². The van der Waals surface area contributed by atoms with Gasteiger partial charge in [-0.1, -0.05) is 24.3 Å². The van der Waals surface area contributed by atoms with Gasteiger partial charge in [0.2, 0.25) is 5.91 Å². The number of rotatable bonds is 6. The number of carbonyl (C=O) groups is 2. The van der Waals surface area contributed by atoms with E-state index in [2.05, 4.69) is 5.10 Å². The maximum Gasteiger partial charge on any atom is 0.264 e. The zero-order valence-corrected chi connectivity index (χ0v) is 17.9. The van der Waals surface area contributed by atoms with Crippen LogP contribution in [0.5, 0.6) is 0 Å². The summed E-state index contributed by atoms with van der Waals surface area (Å²) in [5.74, 6) is -0.890. The highest BCUT2D eigenvalue weighted by molar-refractivity contribution is 7.20. The Balaban J connectivity index is 1.56. The second-order valence-corrected chi connectivity index (χ2v) is 8.46. The number of benzene rings is 2. The second kappa shape index (κ2) is 8.31. The summed E-state index contributed by atoms with van der Waals surface area (Å²) in [7, 11) is 1.72. The van der Waals surface area contributed by atoms with Crippen molar-refractivity contribution in [2.75, 3.05) is 7.05 Å². The van der Waals surface area contributed by atoms with Crippen molar-refractivity contribution in [3.05, 3.63) is 87.7 Å². The van der Waals surface area contributed by atoms with Crippen molar-refractivity contribution in [2.24, 2.45) is 5.73 Å². The molecule has 0 unspecified atom stereocenters. The van der Waals surface area contributed by atoms with Crippen LogP contribution < -0.4 is 5.73 Å². The Hall–Kier alpha value is -3.52. The maximum atomic E-state index is 13.2. The number of aryl methyl sites for hydroxylation is 1. The van der Waals surface area contributed by atoms with Crippen LogP contribution in [0.2, 0.25) is 0 Å². The monoisotopic (exact) mass is 436 g/mol. The molecule has 0 saturated carbocycles. The summed E-state index contributed by atoms with van der Waals surface area (Å²) >= 11 is 1.38. The molecule has 0 bridgehead atoms. The van der Waals surface area contributed by atoms with Gasteiger partial charge in [0, 0.05) is 24.5 Å². The minimum absolute atomic E-state index is 0.113. The third-order valence-corrected chi connectivity index (χ3v) is 6.18. The first-order valence-electron chi connectivity index (χ1n) is 9.67. The molecular weight excluding hydrogens is 415 g/mol. The van der Waals surface area contributed by atoms with E-state index in [1.807, 2.05) is 23.7 Å². The fraction of sp³-hybridized carbons (Fsp3) is 0.174.